The van der Waals surface area contributed by atoms with E-state index in [9.17, 15) is 8.42 Å². The quantitative estimate of drug-likeness (QED) is 0.540. The minimum Gasteiger partial charge on any atom is -0.339 e. The number of nitrogens with zero attached hydrogens (tertiary/aromatic N) is 3. The summed E-state index contributed by atoms with van der Waals surface area (Å²) in [6, 6.07) is 7.25. The lowest BCUT2D eigenvalue weighted by molar-refractivity contribution is 0.547. The Morgan fingerprint density at radius 3 is 2.63 bits per heavy atom. The van der Waals surface area contributed by atoms with Crippen molar-refractivity contribution in [2.45, 2.75) is 35.7 Å². The lowest BCUT2D eigenvalue weighted by atomic mass is 10.0. The Balaban J connectivity index is 1.89. The first-order valence-corrected chi connectivity index (χ1v) is 11.6. The second kappa shape index (κ2) is 8.53. The highest BCUT2D eigenvalue weighted by Crippen LogP contribution is 2.24. The second-order valence-electron chi connectivity index (χ2n) is 6.04. The van der Waals surface area contributed by atoms with E-state index in [1.165, 1.54) is 35.8 Å². The minimum absolute atomic E-state index is 0.00387. The fraction of sp³-hybridized carbons (Fsp3) is 0.294. The van der Waals surface area contributed by atoms with Crippen LogP contribution in [0.2, 0.25) is 0 Å². The van der Waals surface area contributed by atoms with Crippen LogP contribution >= 0.6 is 23.3 Å². The highest BCUT2D eigenvalue weighted by atomic mass is 32.2. The van der Waals surface area contributed by atoms with Gasteiger partial charge in [0.15, 0.2) is 5.03 Å². The molecule has 3 rings (SSSR count). The van der Waals surface area contributed by atoms with Crippen LogP contribution in [0.3, 0.4) is 0 Å². The van der Waals surface area contributed by atoms with Gasteiger partial charge in [-0.1, -0.05) is 19.1 Å². The summed E-state index contributed by atoms with van der Waals surface area (Å²) in [6.07, 6.45) is 4.23. The third-order valence-corrected chi connectivity index (χ3v) is 6.89. The molecule has 27 heavy (non-hydrogen) atoms. The molecule has 0 saturated heterocycles. The van der Waals surface area contributed by atoms with E-state index in [1.54, 1.807) is 11.6 Å². The van der Waals surface area contributed by atoms with E-state index in [4.69, 9.17) is 5.14 Å². The normalized spacial score (nSPS) is 13.0. The average molecular weight is 424 g/mol. The molecule has 7 nitrogen and oxygen atoms in total. The van der Waals surface area contributed by atoms with E-state index >= 15 is 0 Å². The maximum atomic E-state index is 12.8. The van der Waals surface area contributed by atoms with E-state index in [-0.39, 0.29) is 5.03 Å². The lowest BCUT2D eigenvalue weighted by Gasteiger charge is -2.17. The summed E-state index contributed by atoms with van der Waals surface area (Å²) in [5.41, 5.74) is 1.71. The van der Waals surface area contributed by atoms with Crippen LogP contribution in [-0.4, -0.2) is 23.0 Å². The van der Waals surface area contributed by atoms with Gasteiger partial charge >= 0.3 is 0 Å². The zero-order valence-electron chi connectivity index (χ0n) is 15.0. The number of rotatable bonds is 8. The highest BCUT2D eigenvalue weighted by Gasteiger charge is 2.25. The first-order valence-electron chi connectivity index (χ1n) is 8.31. The number of nitrogens with two attached hydrogens (primary N) is 1. The third-order valence-electron chi connectivity index (χ3n) is 3.98. The SMILES string of the molecule is CCc1nc([C@H](Cc2ccc(SN)cc2)NS(=O)(=O)c2cn(C)cn2)cs1. The first-order chi connectivity index (χ1) is 12.9. The van der Waals surface area contributed by atoms with Crippen molar-refractivity contribution in [2.75, 3.05) is 0 Å². The maximum absolute atomic E-state index is 12.8. The summed E-state index contributed by atoms with van der Waals surface area (Å²) < 4.78 is 29.9. The number of benzene rings is 1. The van der Waals surface area contributed by atoms with Crippen LogP contribution in [-0.2, 0) is 29.9 Å². The molecular weight excluding hydrogens is 402 g/mol. The van der Waals surface area contributed by atoms with Crippen LogP contribution in [0.5, 0.6) is 0 Å². The molecule has 3 aromatic rings. The predicted octanol–water partition coefficient (Wildman–Crippen LogP) is 2.67. The standard InChI is InChI=1S/C17H21N5O2S3/c1-3-16-20-15(10-25-16)14(8-12-4-6-13(26-18)7-5-12)21-27(23,24)17-9-22(2)11-19-17/h4-7,9-11,14,21H,3,8,18H2,1-2H3/t14-/m0/s1. The van der Waals surface area contributed by atoms with Gasteiger partial charge in [0.2, 0.25) is 0 Å². The van der Waals surface area contributed by atoms with Crippen LogP contribution in [0.4, 0.5) is 0 Å². The molecule has 0 aliphatic rings. The molecule has 0 spiro atoms. The van der Waals surface area contributed by atoms with Gasteiger partial charge in [-0.05, 0) is 42.5 Å². The minimum atomic E-state index is -3.76. The van der Waals surface area contributed by atoms with E-state index in [2.05, 4.69) is 14.7 Å². The lowest BCUT2D eigenvalue weighted by Crippen LogP contribution is -2.30. The molecule has 0 amide bonds. The van der Waals surface area contributed by atoms with Crippen LogP contribution in [0.1, 0.15) is 29.2 Å². The molecule has 0 unspecified atom stereocenters. The topological polar surface area (TPSA) is 103 Å². The van der Waals surface area contributed by atoms with Crippen LogP contribution in [0, 0.1) is 0 Å². The molecule has 144 valence electrons. The molecule has 0 saturated carbocycles. The zero-order valence-corrected chi connectivity index (χ0v) is 17.4. The number of thiazole rings is 1. The number of nitrogens with one attached hydrogen (secondary N) is 1. The molecule has 1 aromatic carbocycles. The largest absolute Gasteiger partial charge is 0.339 e. The molecule has 2 heterocycles. The Morgan fingerprint density at radius 1 is 1.33 bits per heavy atom. The van der Waals surface area contributed by atoms with Gasteiger partial charge in [-0.25, -0.2) is 23.1 Å². The fourth-order valence-electron chi connectivity index (χ4n) is 2.57. The summed E-state index contributed by atoms with van der Waals surface area (Å²) in [6.45, 7) is 2.03. The van der Waals surface area contributed by atoms with Crippen molar-refractivity contribution in [1.29, 1.82) is 0 Å². The molecule has 3 N–H and O–H groups in total. The molecule has 10 heteroatoms. The van der Waals surface area contributed by atoms with Crippen molar-refractivity contribution in [1.82, 2.24) is 19.3 Å². The van der Waals surface area contributed by atoms with Crippen molar-refractivity contribution < 1.29 is 8.42 Å². The smallest absolute Gasteiger partial charge is 0.260 e. The van der Waals surface area contributed by atoms with Crippen LogP contribution in [0.15, 0.2) is 52.1 Å². The van der Waals surface area contributed by atoms with Gasteiger partial charge in [0.25, 0.3) is 10.0 Å². The third kappa shape index (κ3) is 4.96. The zero-order chi connectivity index (χ0) is 19.4. The summed E-state index contributed by atoms with van der Waals surface area (Å²) >= 11 is 2.71. The molecule has 2 aromatic heterocycles. The molecule has 0 bridgehead atoms. The van der Waals surface area contributed by atoms with Crippen molar-refractivity contribution >= 4 is 33.3 Å². The second-order valence-corrected chi connectivity index (χ2v) is 9.35. The van der Waals surface area contributed by atoms with Gasteiger partial charge in [-0.2, -0.15) is 0 Å². The van der Waals surface area contributed by atoms with Crippen LogP contribution < -0.4 is 9.86 Å². The monoisotopic (exact) mass is 423 g/mol. The van der Waals surface area contributed by atoms with Crippen molar-refractivity contribution in [3.63, 3.8) is 0 Å². The van der Waals surface area contributed by atoms with E-state index < -0.39 is 16.1 Å². The average Bonchev–Trinajstić information content (AvgIpc) is 3.31. The van der Waals surface area contributed by atoms with Gasteiger partial charge in [-0.3, -0.25) is 5.14 Å². The number of aromatic nitrogens is 3. The van der Waals surface area contributed by atoms with E-state index in [0.29, 0.717) is 12.1 Å². The molecule has 0 aliphatic carbocycles. The molecule has 0 radical (unpaired) electrons. The maximum Gasteiger partial charge on any atom is 0.260 e. The van der Waals surface area contributed by atoms with Crippen molar-refractivity contribution in [3.05, 3.63) is 58.4 Å². The Kier molecular flexibility index (Phi) is 6.33. The summed E-state index contributed by atoms with van der Waals surface area (Å²) in [5, 5.41) is 8.45. The molecule has 1 atom stereocenters. The Hall–Kier alpha value is -1.72. The predicted molar refractivity (Wildman–Crippen MR) is 108 cm³/mol. The number of imidazole rings is 1. The van der Waals surface area contributed by atoms with E-state index in [1.807, 2.05) is 36.6 Å². The van der Waals surface area contributed by atoms with Gasteiger partial charge in [0.05, 0.1) is 23.1 Å². The number of hydrogen-bond acceptors (Lipinski definition) is 7. The van der Waals surface area contributed by atoms with Crippen LogP contribution in [0.25, 0.3) is 0 Å². The van der Waals surface area contributed by atoms with Gasteiger partial charge in [-0.15, -0.1) is 11.3 Å². The summed E-state index contributed by atoms with van der Waals surface area (Å²) in [7, 11) is -2.03. The van der Waals surface area contributed by atoms with Gasteiger partial charge in [0, 0.05) is 23.5 Å². The number of aryl methyl sites for hydroxylation is 2. The molecule has 0 fully saturated rings. The number of hydrogen-bond donors (Lipinski definition) is 2. The summed E-state index contributed by atoms with van der Waals surface area (Å²) in [4.78, 5) is 9.50. The first kappa shape index (κ1) is 20.0. The summed E-state index contributed by atoms with van der Waals surface area (Å²) in [5.74, 6) is 0. The Morgan fingerprint density at radius 2 is 2.07 bits per heavy atom. The van der Waals surface area contributed by atoms with Gasteiger partial charge in [0.1, 0.15) is 0 Å². The van der Waals surface area contributed by atoms with E-state index in [0.717, 1.165) is 21.9 Å². The molecular formula is C17H21N5O2S3. The van der Waals surface area contributed by atoms with Crippen molar-refractivity contribution in [2.24, 2.45) is 12.2 Å². The Labute approximate surface area is 167 Å². The fourth-order valence-corrected chi connectivity index (χ4v) is 4.85. The molecule has 0 aliphatic heterocycles. The Bertz CT molecular complexity index is 996. The number of sulfonamides is 1. The van der Waals surface area contributed by atoms with Crippen molar-refractivity contribution in [3.8, 4) is 0 Å². The van der Waals surface area contributed by atoms with Gasteiger partial charge < -0.3 is 4.57 Å². The highest BCUT2D eigenvalue weighted by molar-refractivity contribution is 7.97.